The third-order valence-corrected chi connectivity index (χ3v) is 3.76. The molecule has 0 aromatic rings. The van der Waals surface area contributed by atoms with Crippen LogP contribution >= 0.6 is 0 Å². The predicted molar refractivity (Wildman–Crippen MR) is 66.7 cm³/mol. The second-order valence-corrected chi connectivity index (χ2v) is 5.13. The van der Waals surface area contributed by atoms with Gasteiger partial charge in [0.05, 0.1) is 12.2 Å². The van der Waals surface area contributed by atoms with Gasteiger partial charge in [-0.3, -0.25) is 0 Å². The highest BCUT2D eigenvalue weighted by Crippen LogP contribution is 2.23. The Bertz CT molecular complexity index is 202. The number of nitrogens with zero attached hydrogens (tertiary/aromatic N) is 1. The zero-order valence-electron chi connectivity index (χ0n) is 10.7. The van der Waals surface area contributed by atoms with Gasteiger partial charge in [-0.15, -0.1) is 0 Å². The van der Waals surface area contributed by atoms with Gasteiger partial charge in [-0.25, -0.2) is 0 Å². The monoisotopic (exact) mass is 226 g/mol. The summed E-state index contributed by atoms with van der Waals surface area (Å²) in [6.07, 6.45) is 6.18. The number of likely N-dealkylation sites (N-methyl/N-ethyl adjacent to an activating group) is 1. The molecule has 0 aromatic heterocycles. The van der Waals surface area contributed by atoms with Gasteiger partial charge in [-0.1, -0.05) is 13.8 Å². The van der Waals surface area contributed by atoms with E-state index in [0.29, 0.717) is 12.2 Å². The molecule has 0 bridgehead atoms. The maximum Gasteiger partial charge on any atom is 0.0707 e. The van der Waals surface area contributed by atoms with Crippen LogP contribution in [-0.2, 0) is 4.74 Å². The summed E-state index contributed by atoms with van der Waals surface area (Å²) in [6.45, 7) is 8.92. The molecule has 1 aliphatic heterocycles. The van der Waals surface area contributed by atoms with Gasteiger partial charge in [0, 0.05) is 19.1 Å². The molecule has 2 unspecified atom stereocenters. The molecule has 3 heteroatoms. The lowest BCUT2D eigenvalue weighted by Gasteiger charge is -2.22. The van der Waals surface area contributed by atoms with Crippen LogP contribution in [-0.4, -0.2) is 49.3 Å². The minimum Gasteiger partial charge on any atom is -0.372 e. The molecule has 94 valence electrons. The third-order valence-electron chi connectivity index (χ3n) is 3.76. The predicted octanol–water partition coefficient (Wildman–Crippen LogP) is 1.63. The molecular weight excluding hydrogens is 200 g/mol. The Morgan fingerprint density at radius 2 is 1.75 bits per heavy atom. The molecule has 3 nitrogen and oxygen atoms in total. The topological polar surface area (TPSA) is 24.5 Å². The van der Waals surface area contributed by atoms with Crippen molar-refractivity contribution in [3.63, 3.8) is 0 Å². The summed E-state index contributed by atoms with van der Waals surface area (Å²) in [5.74, 6) is 0. The normalized spacial score (nSPS) is 30.2. The van der Waals surface area contributed by atoms with E-state index in [2.05, 4.69) is 24.1 Å². The van der Waals surface area contributed by atoms with Crippen molar-refractivity contribution < 1.29 is 4.74 Å². The fourth-order valence-corrected chi connectivity index (χ4v) is 2.42. The molecule has 0 spiro atoms. The van der Waals surface area contributed by atoms with Crippen molar-refractivity contribution >= 4 is 0 Å². The molecule has 1 N–H and O–H groups in total. The SMILES string of the molecule is CCN(CC)CC1CCC(CNC2CC2)O1. The number of hydrogen-bond donors (Lipinski definition) is 1. The van der Waals surface area contributed by atoms with E-state index in [9.17, 15) is 0 Å². The molecule has 16 heavy (non-hydrogen) atoms. The Kier molecular flexibility index (Phi) is 4.62. The molecule has 1 saturated heterocycles. The zero-order chi connectivity index (χ0) is 11.4. The van der Waals surface area contributed by atoms with Crippen LogP contribution in [0.2, 0.25) is 0 Å². The van der Waals surface area contributed by atoms with E-state index in [-0.39, 0.29) is 0 Å². The summed E-state index contributed by atoms with van der Waals surface area (Å²) in [6, 6.07) is 0.811. The summed E-state index contributed by atoms with van der Waals surface area (Å²) in [7, 11) is 0. The largest absolute Gasteiger partial charge is 0.372 e. The summed E-state index contributed by atoms with van der Waals surface area (Å²) in [4.78, 5) is 2.46. The van der Waals surface area contributed by atoms with Gasteiger partial charge in [0.15, 0.2) is 0 Å². The van der Waals surface area contributed by atoms with E-state index >= 15 is 0 Å². The Labute approximate surface area is 99.5 Å². The van der Waals surface area contributed by atoms with Crippen molar-refractivity contribution in [2.75, 3.05) is 26.2 Å². The Hall–Kier alpha value is -0.120. The quantitative estimate of drug-likeness (QED) is 0.714. The summed E-state index contributed by atoms with van der Waals surface area (Å²) >= 11 is 0. The van der Waals surface area contributed by atoms with Crippen LogP contribution in [0.15, 0.2) is 0 Å². The number of ether oxygens (including phenoxy) is 1. The molecule has 2 atom stereocenters. The summed E-state index contributed by atoms with van der Waals surface area (Å²) < 4.78 is 6.07. The highest BCUT2D eigenvalue weighted by atomic mass is 16.5. The van der Waals surface area contributed by atoms with Crippen LogP contribution in [0.3, 0.4) is 0 Å². The Balaban J connectivity index is 1.62. The molecule has 2 rings (SSSR count). The maximum absolute atomic E-state index is 6.07. The van der Waals surface area contributed by atoms with E-state index < -0.39 is 0 Å². The summed E-state index contributed by atoms with van der Waals surface area (Å²) in [5, 5.41) is 3.56. The number of nitrogens with one attached hydrogen (secondary N) is 1. The van der Waals surface area contributed by atoms with Crippen LogP contribution in [0.4, 0.5) is 0 Å². The standard InChI is InChI=1S/C13H26N2O/c1-3-15(4-2)10-13-8-7-12(16-13)9-14-11-5-6-11/h11-14H,3-10H2,1-2H3. The van der Waals surface area contributed by atoms with Gasteiger partial charge in [-0.05, 0) is 38.8 Å². The molecule has 1 saturated carbocycles. The second-order valence-electron chi connectivity index (χ2n) is 5.13. The highest BCUT2D eigenvalue weighted by molar-refractivity contribution is 4.84. The van der Waals surface area contributed by atoms with Gasteiger partial charge in [0.25, 0.3) is 0 Å². The minimum absolute atomic E-state index is 0.473. The van der Waals surface area contributed by atoms with Crippen LogP contribution in [0.5, 0.6) is 0 Å². The first kappa shape index (κ1) is 12.3. The number of rotatable bonds is 7. The van der Waals surface area contributed by atoms with Gasteiger partial charge in [0.1, 0.15) is 0 Å². The first-order valence-electron chi connectivity index (χ1n) is 6.93. The van der Waals surface area contributed by atoms with Crippen LogP contribution < -0.4 is 5.32 Å². The highest BCUT2D eigenvalue weighted by Gasteiger charge is 2.28. The van der Waals surface area contributed by atoms with E-state index in [4.69, 9.17) is 4.74 Å². The Morgan fingerprint density at radius 3 is 2.38 bits per heavy atom. The van der Waals surface area contributed by atoms with Gasteiger partial charge >= 0.3 is 0 Å². The molecular formula is C13H26N2O. The lowest BCUT2D eigenvalue weighted by molar-refractivity contribution is 0.0250. The molecule has 0 amide bonds. The smallest absolute Gasteiger partial charge is 0.0707 e. The third kappa shape index (κ3) is 3.72. The molecule has 0 aromatic carbocycles. The first-order chi connectivity index (χ1) is 7.81. The first-order valence-corrected chi connectivity index (χ1v) is 6.93. The van der Waals surface area contributed by atoms with Crippen molar-refractivity contribution in [2.45, 2.75) is 57.8 Å². The maximum atomic E-state index is 6.07. The van der Waals surface area contributed by atoms with Gasteiger partial charge < -0.3 is 15.0 Å². The lowest BCUT2D eigenvalue weighted by Crippen LogP contribution is -2.34. The van der Waals surface area contributed by atoms with Crippen LogP contribution in [0.25, 0.3) is 0 Å². The fraction of sp³-hybridized carbons (Fsp3) is 1.00. The van der Waals surface area contributed by atoms with E-state index in [0.717, 1.165) is 32.2 Å². The van der Waals surface area contributed by atoms with Crippen molar-refractivity contribution in [3.8, 4) is 0 Å². The van der Waals surface area contributed by atoms with E-state index in [1.165, 1.54) is 25.7 Å². The molecule has 1 aliphatic carbocycles. The van der Waals surface area contributed by atoms with Crippen molar-refractivity contribution in [1.82, 2.24) is 10.2 Å². The van der Waals surface area contributed by atoms with Crippen molar-refractivity contribution in [2.24, 2.45) is 0 Å². The van der Waals surface area contributed by atoms with Crippen molar-refractivity contribution in [1.29, 1.82) is 0 Å². The average Bonchev–Trinajstić information content (AvgIpc) is 3.03. The average molecular weight is 226 g/mol. The summed E-state index contributed by atoms with van der Waals surface area (Å²) in [5.41, 5.74) is 0. The lowest BCUT2D eigenvalue weighted by atomic mass is 10.2. The van der Waals surface area contributed by atoms with E-state index in [1.54, 1.807) is 0 Å². The molecule has 2 fully saturated rings. The van der Waals surface area contributed by atoms with Gasteiger partial charge in [-0.2, -0.15) is 0 Å². The molecule has 2 aliphatic rings. The Morgan fingerprint density at radius 1 is 1.06 bits per heavy atom. The van der Waals surface area contributed by atoms with Crippen LogP contribution in [0.1, 0.15) is 39.5 Å². The van der Waals surface area contributed by atoms with Gasteiger partial charge in [0.2, 0.25) is 0 Å². The fourth-order valence-electron chi connectivity index (χ4n) is 2.42. The van der Waals surface area contributed by atoms with E-state index in [1.807, 2.05) is 0 Å². The minimum atomic E-state index is 0.473. The molecule has 0 radical (unpaired) electrons. The molecule has 1 heterocycles. The van der Waals surface area contributed by atoms with Crippen LogP contribution in [0, 0.1) is 0 Å². The van der Waals surface area contributed by atoms with Crippen molar-refractivity contribution in [3.05, 3.63) is 0 Å². The number of hydrogen-bond acceptors (Lipinski definition) is 3. The second kappa shape index (κ2) is 5.99. The zero-order valence-corrected chi connectivity index (χ0v) is 10.7.